The van der Waals surface area contributed by atoms with Gasteiger partial charge in [0, 0.05) is 28.4 Å². The summed E-state index contributed by atoms with van der Waals surface area (Å²) in [6, 6.07) is 3.89. The van der Waals surface area contributed by atoms with E-state index < -0.39 is 54.7 Å². The van der Waals surface area contributed by atoms with Crippen LogP contribution in [0.25, 0.3) is 0 Å². The largest absolute Gasteiger partial charge is 0.497 e. The lowest BCUT2D eigenvalue weighted by Gasteiger charge is -2.41. The van der Waals surface area contributed by atoms with Gasteiger partial charge < -0.3 is 27.6 Å². The van der Waals surface area contributed by atoms with Crippen molar-refractivity contribution in [3.8, 4) is 11.5 Å². The third-order valence-electron chi connectivity index (χ3n) is 5.62. The Balaban J connectivity index is 3.34. The molecule has 0 aliphatic carbocycles. The monoisotopic (exact) mass is 580 g/mol. The average molecular weight is 580 g/mol. The zero-order chi connectivity index (χ0) is 28.4. The highest BCUT2D eigenvalue weighted by molar-refractivity contribution is 7.62. The van der Waals surface area contributed by atoms with Gasteiger partial charge in [0.25, 0.3) is 0 Å². The van der Waals surface area contributed by atoms with E-state index in [1.165, 1.54) is 0 Å². The van der Waals surface area contributed by atoms with E-state index in [0.29, 0.717) is 24.3 Å². The van der Waals surface area contributed by atoms with E-state index in [-0.39, 0.29) is 11.5 Å². The highest BCUT2D eigenvalue weighted by Crippen LogP contribution is 2.61. The van der Waals surface area contributed by atoms with Crippen LogP contribution in [0, 0.1) is 0 Å². The van der Waals surface area contributed by atoms with E-state index in [4.69, 9.17) is 27.6 Å². The Hall–Kier alpha value is -2.08. The SMILES string of the molecule is COc1ccc(C(c2ccc(OC)cc2P(=O)(OC)OC)(C(F)(F)F)C(F)(F)F)c(P(=O)(OC)OC)c1. The predicted molar refractivity (Wildman–Crippen MR) is 121 cm³/mol. The molecule has 208 valence electrons. The molecule has 2 rings (SSSR count). The molecular weight excluding hydrogens is 556 g/mol. The summed E-state index contributed by atoms with van der Waals surface area (Å²) in [6.07, 6.45) is -12.3. The molecule has 0 unspecified atom stereocenters. The molecule has 0 fully saturated rings. The molecular formula is C21H24F6O8P2. The number of rotatable bonds is 10. The Morgan fingerprint density at radius 2 is 0.865 bits per heavy atom. The van der Waals surface area contributed by atoms with Crippen molar-refractivity contribution in [3.05, 3.63) is 47.5 Å². The number of benzene rings is 2. The topological polar surface area (TPSA) is 89.5 Å². The van der Waals surface area contributed by atoms with Crippen LogP contribution in [0.1, 0.15) is 11.1 Å². The van der Waals surface area contributed by atoms with E-state index in [0.717, 1.165) is 54.8 Å². The number of hydrogen-bond donors (Lipinski definition) is 0. The van der Waals surface area contributed by atoms with Crippen LogP contribution in [0.3, 0.4) is 0 Å². The molecule has 8 nitrogen and oxygen atoms in total. The lowest BCUT2D eigenvalue weighted by atomic mass is 9.72. The summed E-state index contributed by atoms with van der Waals surface area (Å²) in [6.45, 7) is 0. The Morgan fingerprint density at radius 1 is 0.568 bits per heavy atom. The van der Waals surface area contributed by atoms with E-state index in [9.17, 15) is 9.13 Å². The van der Waals surface area contributed by atoms with Crippen LogP contribution in [-0.2, 0) is 32.6 Å². The summed E-state index contributed by atoms with van der Waals surface area (Å²) in [7, 11) is -4.22. The second-order valence-corrected chi connectivity index (χ2v) is 11.7. The molecule has 2 aromatic rings. The maximum atomic E-state index is 15.0. The minimum absolute atomic E-state index is 0.235. The minimum Gasteiger partial charge on any atom is -0.497 e. The Bertz CT molecular complexity index is 1110. The van der Waals surface area contributed by atoms with Crippen LogP contribution in [0.4, 0.5) is 26.3 Å². The maximum absolute atomic E-state index is 15.0. The van der Waals surface area contributed by atoms with E-state index >= 15 is 26.3 Å². The molecule has 0 atom stereocenters. The third kappa shape index (κ3) is 5.15. The van der Waals surface area contributed by atoms with Crippen LogP contribution >= 0.6 is 15.2 Å². The van der Waals surface area contributed by atoms with Crippen molar-refractivity contribution in [2.45, 2.75) is 17.8 Å². The zero-order valence-corrected chi connectivity index (χ0v) is 22.2. The van der Waals surface area contributed by atoms with Crippen molar-refractivity contribution >= 4 is 25.8 Å². The fourth-order valence-electron chi connectivity index (χ4n) is 3.82. The molecule has 16 heteroatoms. The quantitative estimate of drug-likeness (QED) is 0.275. The molecule has 0 radical (unpaired) electrons. The third-order valence-corrected chi connectivity index (χ3v) is 9.46. The van der Waals surface area contributed by atoms with E-state index in [2.05, 4.69) is 0 Å². The molecule has 0 aliphatic heterocycles. The van der Waals surface area contributed by atoms with Crippen molar-refractivity contribution in [1.29, 1.82) is 0 Å². The van der Waals surface area contributed by atoms with Gasteiger partial charge in [-0.05, 0) is 35.4 Å². The van der Waals surface area contributed by atoms with Gasteiger partial charge >= 0.3 is 27.5 Å². The Morgan fingerprint density at radius 3 is 1.08 bits per heavy atom. The number of hydrogen-bond acceptors (Lipinski definition) is 8. The maximum Gasteiger partial charge on any atom is 0.411 e. The van der Waals surface area contributed by atoms with E-state index in [1.807, 2.05) is 0 Å². The number of ether oxygens (including phenoxy) is 2. The highest BCUT2D eigenvalue weighted by Gasteiger charge is 2.74. The van der Waals surface area contributed by atoms with Gasteiger partial charge in [-0.1, -0.05) is 12.1 Å². The molecule has 0 saturated heterocycles. The molecule has 0 heterocycles. The first kappa shape index (κ1) is 31.1. The summed E-state index contributed by atoms with van der Waals surface area (Å²) in [5.41, 5.74) is -8.07. The second-order valence-electron chi connectivity index (χ2n) is 7.24. The standard InChI is InChI=1S/C21H24F6O8P2/c1-30-13-7-9-15(17(11-13)36(28,32-3)33-4)19(20(22,23)24,21(25,26)27)16-10-8-14(31-2)12-18(16)37(29,34-5)35-6/h7-12H,1-6H3. The Kier molecular flexibility index (Phi) is 9.22. The second kappa shape index (κ2) is 11.0. The van der Waals surface area contributed by atoms with Crippen molar-refractivity contribution in [1.82, 2.24) is 0 Å². The van der Waals surface area contributed by atoms with Gasteiger partial charge in [0.05, 0.1) is 24.8 Å². The molecule has 2 aromatic carbocycles. The van der Waals surface area contributed by atoms with Crippen molar-refractivity contribution in [3.63, 3.8) is 0 Å². The van der Waals surface area contributed by atoms with Gasteiger partial charge in [0.15, 0.2) is 0 Å². The van der Waals surface area contributed by atoms with Crippen LogP contribution in [0.15, 0.2) is 36.4 Å². The average Bonchev–Trinajstić information content (AvgIpc) is 2.86. The molecule has 0 spiro atoms. The molecule has 0 bridgehead atoms. The summed E-state index contributed by atoms with van der Waals surface area (Å²) >= 11 is 0. The summed E-state index contributed by atoms with van der Waals surface area (Å²) in [5, 5.41) is -2.17. The summed E-state index contributed by atoms with van der Waals surface area (Å²) in [4.78, 5) is 0. The molecule has 0 N–H and O–H groups in total. The van der Waals surface area contributed by atoms with Crippen LogP contribution in [-0.4, -0.2) is 55.0 Å². The Labute approximate surface area is 208 Å². The van der Waals surface area contributed by atoms with E-state index in [1.54, 1.807) is 0 Å². The van der Waals surface area contributed by atoms with Crippen molar-refractivity contribution in [2.24, 2.45) is 0 Å². The predicted octanol–water partition coefficient (Wildman–Crippen LogP) is 5.34. The summed E-state index contributed by atoms with van der Waals surface area (Å²) in [5.74, 6) is -0.471. The first-order chi connectivity index (χ1) is 17.1. The fourth-order valence-corrected chi connectivity index (χ4v) is 6.55. The number of alkyl halides is 6. The number of halogens is 6. The molecule has 0 aromatic heterocycles. The van der Waals surface area contributed by atoms with Gasteiger partial charge in [-0.3, -0.25) is 9.13 Å². The van der Waals surface area contributed by atoms with Crippen LogP contribution < -0.4 is 20.1 Å². The molecule has 0 saturated carbocycles. The van der Waals surface area contributed by atoms with Gasteiger partial charge in [0.1, 0.15) is 11.5 Å². The lowest BCUT2D eigenvalue weighted by Crippen LogP contribution is -2.58. The number of methoxy groups -OCH3 is 2. The van der Waals surface area contributed by atoms with Gasteiger partial charge in [-0.15, -0.1) is 0 Å². The lowest BCUT2D eigenvalue weighted by molar-refractivity contribution is -0.288. The highest BCUT2D eigenvalue weighted by atomic mass is 31.2. The zero-order valence-electron chi connectivity index (χ0n) is 20.4. The molecule has 37 heavy (non-hydrogen) atoms. The van der Waals surface area contributed by atoms with Crippen molar-refractivity contribution in [2.75, 3.05) is 42.7 Å². The minimum atomic E-state index is -6.17. The first-order valence-corrected chi connectivity index (χ1v) is 13.1. The smallest absolute Gasteiger partial charge is 0.411 e. The van der Waals surface area contributed by atoms with Crippen LogP contribution in [0.2, 0.25) is 0 Å². The molecule has 0 amide bonds. The molecule has 0 aliphatic rings. The normalized spacial score (nSPS) is 13.5. The fraction of sp³-hybridized carbons (Fsp3) is 0.429. The van der Waals surface area contributed by atoms with Crippen LogP contribution in [0.5, 0.6) is 11.5 Å². The van der Waals surface area contributed by atoms with Gasteiger partial charge in [-0.25, -0.2) is 0 Å². The van der Waals surface area contributed by atoms with Gasteiger partial charge in [-0.2, -0.15) is 26.3 Å². The van der Waals surface area contributed by atoms with Gasteiger partial charge in [0.2, 0.25) is 5.41 Å². The van der Waals surface area contributed by atoms with Crippen molar-refractivity contribution < 1.29 is 63.0 Å². The summed E-state index contributed by atoms with van der Waals surface area (Å²) < 4.78 is 146. The first-order valence-electron chi connectivity index (χ1n) is 10.0.